The number of amides is 3. The normalized spacial score (nSPS) is 19.2. The molecule has 2 aromatic rings. The van der Waals surface area contributed by atoms with Crippen LogP contribution in [0.25, 0.3) is 0 Å². The number of nitrogens with zero attached hydrogens (tertiary/aromatic N) is 4. The molecule has 0 fully saturated rings. The molecular formula is C49H71N9O12S2. The number of nitrogens with two attached hydrogens (primary N) is 2. The van der Waals surface area contributed by atoms with Gasteiger partial charge in [0.2, 0.25) is 5.91 Å². The number of unbranched alkanes of at least 4 members (excludes halogenated alkanes) is 1. The van der Waals surface area contributed by atoms with Crippen LogP contribution in [0, 0.1) is 0 Å². The molecule has 0 aliphatic carbocycles. The number of ether oxygens (including phenoxy) is 3. The SMILES string of the molecule is C=CCOc1cc([C@@H](CCCCC(C=C)Oc2cc([C@@H](CCC)NC(=O)[C@]3(N)CSC(/C(C)=N/OCCCNC(=O)OC(C)(C)C)=N3)oc(=O)c2)NC(=O)[C@]2(C)CSC(/C(C)=N/OCCCN)=N2)oc(=O)c1. The fourth-order valence-electron chi connectivity index (χ4n) is 6.82. The molecule has 396 valence electrons. The molecule has 2 aliphatic rings. The van der Waals surface area contributed by atoms with Crippen LogP contribution in [-0.4, -0.2) is 107 Å². The summed E-state index contributed by atoms with van der Waals surface area (Å²) in [6.07, 6.45) is 6.18. The quantitative estimate of drug-likeness (QED) is 0.0251. The summed E-state index contributed by atoms with van der Waals surface area (Å²) in [6.45, 7) is 21.6. The summed E-state index contributed by atoms with van der Waals surface area (Å²) in [5.41, 5.74) is 8.33. The first-order chi connectivity index (χ1) is 34.2. The molecule has 0 radical (unpaired) electrons. The standard InChI is InChI=1S/C49H71N9O12S2/c1-10-17-36(54-45(62)49(51)30-72-43(56-49)32(5)58-66-24-16-21-52-46(63)70-47(6,7)8)39-26-35(28-41(60)69-39)67-33(12-3)18-13-14-19-37(38-25-34(64-22-11-2)27-40(59)68-38)53-44(61)48(9)29-71-42(55-48)31(4)57-65-23-15-20-50/h11-12,25-28,33,36-37H,2-3,10,13-24,29-30,50-51H2,1,4-9H3,(H,52,63)(H,53,61)(H,54,62)/b57-31+,58-32+/t33?,36-,37-,48+,49+/m1/s1. The Morgan fingerprint density at radius 3 is 2.06 bits per heavy atom. The van der Waals surface area contributed by atoms with Gasteiger partial charge in [-0.1, -0.05) is 55.4 Å². The molecule has 3 amide bonds. The van der Waals surface area contributed by atoms with Crippen molar-refractivity contribution in [1.29, 1.82) is 0 Å². The number of alkyl carbamates (subject to hydrolysis) is 1. The van der Waals surface area contributed by atoms with Crippen molar-refractivity contribution in [3.8, 4) is 11.5 Å². The molecule has 21 nitrogen and oxygen atoms in total. The average molecular weight is 1040 g/mol. The second-order valence-corrected chi connectivity index (χ2v) is 20.1. The molecule has 23 heteroatoms. The van der Waals surface area contributed by atoms with Crippen LogP contribution in [0.3, 0.4) is 0 Å². The summed E-state index contributed by atoms with van der Waals surface area (Å²) in [6, 6.07) is 4.09. The first-order valence-electron chi connectivity index (χ1n) is 23.9. The molecule has 2 aromatic heterocycles. The Hall–Kier alpha value is -5.91. The van der Waals surface area contributed by atoms with Crippen LogP contribution >= 0.6 is 23.5 Å². The molecule has 0 saturated carbocycles. The Morgan fingerprint density at radius 1 is 0.847 bits per heavy atom. The molecule has 72 heavy (non-hydrogen) atoms. The molecular weight excluding hydrogens is 971 g/mol. The van der Waals surface area contributed by atoms with E-state index in [1.165, 1.54) is 35.7 Å². The number of carbonyl (C=O) groups is 3. The Labute approximate surface area is 428 Å². The third kappa shape index (κ3) is 18.9. The predicted molar refractivity (Wildman–Crippen MR) is 281 cm³/mol. The lowest BCUT2D eigenvalue weighted by atomic mass is 10.0. The third-order valence-electron chi connectivity index (χ3n) is 10.5. The lowest BCUT2D eigenvalue weighted by molar-refractivity contribution is -0.126. The number of oxime groups is 2. The first kappa shape index (κ1) is 58.7. The van der Waals surface area contributed by atoms with Crippen LogP contribution in [0.15, 0.2) is 88.3 Å². The summed E-state index contributed by atoms with van der Waals surface area (Å²) in [4.78, 5) is 85.1. The Balaban J connectivity index is 1.39. The van der Waals surface area contributed by atoms with Crippen LogP contribution in [0.5, 0.6) is 11.5 Å². The van der Waals surface area contributed by atoms with Gasteiger partial charge in [0.05, 0.1) is 24.2 Å². The van der Waals surface area contributed by atoms with Gasteiger partial charge in [-0.15, -0.1) is 23.5 Å². The van der Waals surface area contributed by atoms with Crippen LogP contribution < -0.4 is 48.1 Å². The number of nitrogens with one attached hydrogen (secondary N) is 3. The molecule has 0 saturated heterocycles. The van der Waals surface area contributed by atoms with Gasteiger partial charge < -0.3 is 54.4 Å². The summed E-state index contributed by atoms with van der Waals surface area (Å²) in [5.74, 6) is 0.383. The van der Waals surface area contributed by atoms with Gasteiger partial charge in [0.15, 0.2) is 5.66 Å². The first-order valence-corrected chi connectivity index (χ1v) is 25.9. The van der Waals surface area contributed by atoms with E-state index in [2.05, 4.69) is 44.4 Å². The molecule has 7 N–H and O–H groups in total. The number of thioether (sulfide) groups is 2. The predicted octanol–water partition coefficient (Wildman–Crippen LogP) is 6.22. The zero-order chi connectivity index (χ0) is 52.9. The Kier molecular flexibility index (Phi) is 23.1. The summed E-state index contributed by atoms with van der Waals surface area (Å²) < 4.78 is 28.3. The van der Waals surface area contributed by atoms with Gasteiger partial charge in [-0.25, -0.2) is 19.4 Å². The van der Waals surface area contributed by atoms with Gasteiger partial charge >= 0.3 is 17.3 Å². The largest absolute Gasteiger partial charge is 0.489 e. The third-order valence-corrected chi connectivity index (χ3v) is 13.2. The Morgan fingerprint density at radius 2 is 1.43 bits per heavy atom. The highest BCUT2D eigenvalue weighted by molar-refractivity contribution is 8.16. The lowest BCUT2D eigenvalue weighted by Gasteiger charge is -2.25. The fourth-order valence-corrected chi connectivity index (χ4v) is 8.98. The maximum absolute atomic E-state index is 14.0. The second kappa shape index (κ2) is 28.4. The molecule has 0 aromatic carbocycles. The van der Waals surface area contributed by atoms with E-state index >= 15 is 0 Å². The maximum Gasteiger partial charge on any atom is 0.407 e. The smallest absolute Gasteiger partial charge is 0.407 e. The van der Waals surface area contributed by atoms with Gasteiger partial charge in [0.1, 0.15) is 81.6 Å². The van der Waals surface area contributed by atoms with E-state index in [1.807, 2.05) is 6.92 Å². The van der Waals surface area contributed by atoms with Gasteiger partial charge in [0.25, 0.3) is 5.91 Å². The van der Waals surface area contributed by atoms with Crippen molar-refractivity contribution < 1.29 is 47.1 Å². The molecule has 4 rings (SSSR count). The highest BCUT2D eigenvalue weighted by Gasteiger charge is 2.42. The highest BCUT2D eigenvalue weighted by atomic mass is 32.2. The van der Waals surface area contributed by atoms with Crippen molar-refractivity contribution >= 4 is 62.9 Å². The molecule has 4 heterocycles. The van der Waals surface area contributed by atoms with Crippen LogP contribution in [-0.2, 0) is 24.0 Å². The van der Waals surface area contributed by atoms with E-state index in [4.69, 9.17) is 49.2 Å². The zero-order valence-corrected chi connectivity index (χ0v) is 44.0. The molecule has 0 spiro atoms. The van der Waals surface area contributed by atoms with E-state index < -0.39 is 58.2 Å². The van der Waals surface area contributed by atoms with Gasteiger partial charge in [0, 0.05) is 36.6 Å². The number of aliphatic imine (C=N–C) groups is 2. The molecule has 1 unspecified atom stereocenters. The minimum atomic E-state index is -1.64. The van der Waals surface area contributed by atoms with Gasteiger partial charge in [-0.2, -0.15) is 0 Å². The average Bonchev–Trinajstić information content (AvgIpc) is 3.94. The van der Waals surface area contributed by atoms with Gasteiger partial charge in [-0.05, 0) is 80.2 Å². The maximum atomic E-state index is 14.0. The van der Waals surface area contributed by atoms with Crippen molar-refractivity contribution in [3.63, 3.8) is 0 Å². The van der Waals surface area contributed by atoms with Crippen molar-refractivity contribution in [2.75, 3.05) is 44.4 Å². The lowest BCUT2D eigenvalue weighted by Crippen LogP contribution is -2.54. The van der Waals surface area contributed by atoms with E-state index in [0.717, 1.165) is 0 Å². The van der Waals surface area contributed by atoms with Crippen molar-refractivity contribution in [3.05, 3.63) is 81.9 Å². The van der Waals surface area contributed by atoms with E-state index in [0.29, 0.717) is 98.3 Å². The zero-order valence-electron chi connectivity index (χ0n) is 42.4. The molecule has 0 bridgehead atoms. The topological polar surface area (TPSA) is 295 Å². The fraction of sp³-hybridized carbons (Fsp3) is 0.571. The van der Waals surface area contributed by atoms with Crippen molar-refractivity contribution in [2.24, 2.45) is 31.8 Å². The summed E-state index contributed by atoms with van der Waals surface area (Å²) >= 11 is 2.64. The van der Waals surface area contributed by atoms with E-state index in [-0.39, 0.29) is 47.9 Å². The highest BCUT2D eigenvalue weighted by Crippen LogP contribution is 2.32. The van der Waals surface area contributed by atoms with E-state index in [1.54, 1.807) is 65.8 Å². The number of carbonyl (C=O) groups excluding carboxylic acids is 3. The van der Waals surface area contributed by atoms with Crippen molar-refractivity contribution in [2.45, 2.75) is 135 Å². The Bertz CT molecular complexity index is 2430. The summed E-state index contributed by atoms with van der Waals surface area (Å²) in [7, 11) is 0. The minimum absolute atomic E-state index is 0.127. The van der Waals surface area contributed by atoms with Gasteiger partial charge in [-0.3, -0.25) is 20.3 Å². The minimum Gasteiger partial charge on any atom is -0.489 e. The monoisotopic (exact) mass is 1040 g/mol. The van der Waals surface area contributed by atoms with Crippen LogP contribution in [0.1, 0.15) is 123 Å². The molecule has 2 aliphatic heterocycles. The number of hydrogen-bond donors (Lipinski definition) is 5. The van der Waals surface area contributed by atoms with Crippen LogP contribution in [0.4, 0.5) is 4.79 Å². The number of rotatable bonds is 30. The van der Waals surface area contributed by atoms with Crippen molar-refractivity contribution in [1.82, 2.24) is 16.0 Å². The molecule has 5 atom stereocenters. The second-order valence-electron chi connectivity index (χ2n) is 18.2. The number of hydrogen-bond acceptors (Lipinski definition) is 20. The summed E-state index contributed by atoms with van der Waals surface area (Å²) in [5, 5.41) is 17.9. The van der Waals surface area contributed by atoms with E-state index in [9.17, 15) is 24.0 Å². The van der Waals surface area contributed by atoms with Crippen LogP contribution in [0.2, 0.25) is 0 Å².